The summed E-state index contributed by atoms with van der Waals surface area (Å²) in [5, 5.41) is 7.13. The van der Waals surface area contributed by atoms with Crippen molar-refractivity contribution in [2.75, 3.05) is 43.5 Å². The number of fused-ring (bicyclic) bond motifs is 1. The number of amides is 2. The van der Waals surface area contributed by atoms with Gasteiger partial charge in [0, 0.05) is 18.0 Å². The average Bonchev–Trinajstić information content (AvgIpc) is 3.12. The number of para-hydroxylation sites is 1. The monoisotopic (exact) mass is 489 g/mol. The van der Waals surface area contributed by atoms with Crippen molar-refractivity contribution in [3.8, 4) is 0 Å². The second-order valence-electron chi connectivity index (χ2n) is 9.88. The number of nitrogens with one attached hydrogen (secondary N) is 2. The molecule has 1 atom stereocenters. The lowest BCUT2D eigenvalue weighted by Crippen LogP contribution is -2.41. The molecule has 33 heavy (non-hydrogen) atoms. The number of morpholine rings is 1. The zero-order chi connectivity index (χ0) is 23.6. The van der Waals surface area contributed by atoms with Gasteiger partial charge in [-0.1, -0.05) is 44.5 Å². The predicted molar refractivity (Wildman–Crippen MR) is 135 cm³/mol. The van der Waals surface area contributed by atoms with E-state index in [9.17, 15) is 9.59 Å². The Balaban J connectivity index is 1.60. The van der Waals surface area contributed by atoms with E-state index in [0.717, 1.165) is 37.9 Å². The molecule has 2 aromatic rings. The van der Waals surface area contributed by atoms with Crippen molar-refractivity contribution in [3.63, 3.8) is 0 Å². The maximum atomic E-state index is 13.4. The minimum atomic E-state index is -0.225. The maximum absolute atomic E-state index is 13.4. The van der Waals surface area contributed by atoms with E-state index < -0.39 is 0 Å². The quantitative estimate of drug-likeness (QED) is 0.614. The molecule has 0 unspecified atom stereocenters. The van der Waals surface area contributed by atoms with Crippen LogP contribution in [0.3, 0.4) is 0 Å². The first-order chi connectivity index (χ1) is 15.7. The molecular weight excluding hydrogens is 458 g/mol. The van der Waals surface area contributed by atoms with Crippen LogP contribution in [0.4, 0.5) is 10.7 Å². The van der Waals surface area contributed by atoms with Crippen molar-refractivity contribution in [1.82, 2.24) is 4.90 Å². The number of halogens is 1. The van der Waals surface area contributed by atoms with Gasteiger partial charge in [0.15, 0.2) is 0 Å². The predicted octanol–water partition coefficient (Wildman–Crippen LogP) is 5.08. The van der Waals surface area contributed by atoms with Gasteiger partial charge in [-0.05, 0) is 48.3 Å². The lowest BCUT2D eigenvalue weighted by molar-refractivity contribution is -0.118. The van der Waals surface area contributed by atoms with Crippen LogP contribution >= 0.6 is 22.9 Å². The third-order valence-electron chi connectivity index (χ3n) is 6.56. The fraction of sp³-hybridized carbons (Fsp3) is 0.520. The summed E-state index contributed by atoms with van der Waals surface area (Å²) in [4.78, 5) is 29.6. The molecule has 1 aromatic carbocycles. The third-order valence-corrected chi connectivity index (χ3v) is 8.06. The zero-order valence-electron chi connectivity index (χ0n) is 19.5. The van der Waals surface area contributed by atoms with Gasteiger partial charge in [-0.25, -0.2) is 0 Å². The van der Waals surface area contributed by atoms with E-state index in [4.69, 9.17) is 16.3 Å². The summed E-state index contributed by atoms with van der Waals surface area (Å²) in [5.41, 5.74) is 2.41. The van der Waals surface area contributed by atoms with E-state index in [2.05, 4.69) is 36.3 Å². The van der Waals surface area contributed by atoms with E-state index >= 15 is 0 Å². The summed E-state index contributed by atoms with van der Waals surface area (Å²) in [7, 11) is 0. The lowest BCUT2D eigenvalue weighted by atomic mass is 9.72. The SMILES string of the molecule is CC(C)(C)[C@@H]1CCc2c(sc(NC(=O)CN3CCOCC3)c2C(=O)Nc2ccccc2Cl)C1. The van der Waals surface area contributed by atoms with Gasteiger partial charge < -0.3 is 15.4 Å². The molecule has 1 aliphatic heterocycles. The molecule has 178 valence electrons. The Bertz CT molecular complexity index is 1020. The van der Waals surface area contributed by atoms with Gasteiger partial charge in [-0.3, -0.25) is 14.5 Å². The third kappa shape index (κ3) is 5.77. The largest absolute Gasteiger partial charge is 0.379 e. The summed E-state index contributed by atoms with van der Waals surface area (Å²) in [5.74, 6) is 0.214. The van der Waals surface area contributed by atoms with Crippen molar-refractivity contribution < 1.29 is 14.3 Å². The Morgan fingerprint density at radius 3 is 2.61 bits per heavy atom. The zero-order valence-corrected chi connectivity index (χ0v) is 21.1. The van der Waals surface area contributed by atoms with Crippen LogP contribution in [0.1, 0.15) is 48.0 Å². The van der Waals surface area contributed by atoms with Gasteiger partial charge >= 0.3 is 0 Å². The van der Waals surface area contributed by atoms with Crippen LogP contribution in [0.15, 0.2) is 24.3 Å². The fourth-order valence-electron chi connectivity index (χ4n) is 4.53. The van der Waals surface area contributed by atoms with E-state index in [1.807, 2.05) is 12.1 Å². The fourth-order valence-corrected chi connectivity index (χ4v) is 6.05. The van der Waals surface area contributed by atoms with Crippen LogP contribution in [-0.4, -0.2) is 49.6 Å². The number of carbonyl (C=O) groups is 2. The number of thiophene rings is 1. The van der Waals surface area contributed by atoms with Crippen LogP contribution in [0, 0.1) is 11.3 Å². The topological polar surface area (TPSA) is 70.7 Å². The van der Waals surface area contributed by atoms with E-state index in [0.29, 0.717) is 47.0 Å². The second-order valence-corrected chi connectivity index (χ2v) is 11.4. The normalized spacial score (nSPS) is 19.1. The number of rotatable bonds is 5. The van der Waals surface area contributed by atoms with E-state index in [1.54, 1.807) is 23.5 Å². The van der Waals surface area contributed by atoms with Gasteiger partial charge in [0.25, 0.3) is 5.91 Å². The molecule has 0 saturated carbocycles. The van der Waals surface area contributed by atoms with Crippen LogP contribution in [0.25, 0.3) is 0 Å². The summed E-state index contributed by atoms with van der Waals surface area (Å²) < 4.78 is 5.37. The summed E-state index contributed by atoms with van der Waals surface area (Å²) >= 11 is 7.82. The Morgan fingerprint density at radius 1 is 1.18 bits per heavy atom. The second kappa shape index (κ2) is 10.1. The summed E-state index contributed by atoms with van der Waals surface area (Å²) in [6.45, 7) is 9.86. The first kappa shape index (κ1) is 24.2. The Kier molecular flexibility index (Phi) is 7.43. The van der Waals surface area contributed by atoms with Crippen LogP contribution in [-0.2, 0) is 22.4 Å². The molecule has 2 heterocycles. The Labute approximate surface area is 204 Å². The molecule has 1 fully saturated rings. The van der Waals surface area contributed by atoms with E-state index in [-0.39, 0.29) is 17.2 Å². The van der Waals surface area contributed by atoms with Gasteiger partial charge in [-0.15, -0.1) is 11.3 Å². The van der Waals surface area contributed by atoms with Gasteiger partial charge in [-0.2, -0.15) is 0 Å². The Morgan fingerprint density at radius 2 is 1.91 bits per heavy atom. The highest BCUT2D eigenvalue weighted by Crippen LogP contribution is 2.44. The lowest BCUT2D eigenvalue weighted by Gasteiger charge is -2.33. The van der Waals surface area contributed by atoms with Crippen molar-refractivity contribution in [3.05, 3.63) is 45.3 Å². The molecule has 2 amide bonds. The molecule has 1 saturated heterocycles. The van der Waals surface area contributed by atoms with Crippen LogP contribution in [0.5, 0.6) is 0 Å². The maximum Gasteiger partial charge on any atom is 0.258 e. The molecule has 4 rings (SSSR count). The molecule has 1 aliphatic carbocycles. The number of hydrogen-bond donors (Lipinski definition) is 2. The highest BCUT2D eigenvalue weighted by Gasteiger charge is 2.34. The van der Waals surface area contributed by atoms with Crippen LogP contribution < -0.4 is 10.6 Å². The van der Waals surface area contributed by atoms with Crippen molar-refractivity contribution >= 4 is 45.4 Å². The highest BCUT2D eigenvalue weighted by atomic mass is 35.5. The highest BCUT2D eigenvalue weighted by molar-refractivity contribution is 7.17. The first-order valence-electron chi connectivity index (χ1n) is 11.5. The molecule has 6 nitrogen and oxygen atoms in total. The van der Waals surface area contributed by atoms with Gasteiger partial charge in [0.05, 0.1) is 36.0 Å². The molecule has 0 radical (unpaired) electrons. The van der Waals surface area contributed by atoms with Gasteiger partial charge in [0.1, 0.15) is 5.00 Å². The van der Waals surface area contributed by atoms with Gasteiger partial charge in [0.2, 0.25) is 5.91 Å². The summed E-state index contributed by atoms with van der Waals surface area (Å²) in [6, 6.07) is 7.20. The smallest absolute Gasteiger partial charge is 0.258 e. The Hall–Kier alpha value is -1.93. The summed E-state index contributed by atoms with van der Waals surface area (Å²) in [6.07, 6.45) is 2.79. The number of nitrogens with zero attached hydrogens (tertiary/aromatic N) is 1. The number of hydrogen-bond acceptors (Lipinski definition) is 5. The minimum absolute atomic E-state index is 0.102. The number of ether oxygens (including phenoxy) is 1. The number of carbonyl (C=O) groups excluding carboxylic acids is 2. The molecule has 0 spiro atoms. The number of benzene rings is 1. The molecule has 1 aromatic heterocycles. The van der Waals surface area contributed by atoms with Crippen molar-refractivity contribution in [2.24, 2.45) is 11.3 Å². The standard InChI is InChI=1S/C25H32ClN3O3S/c1-25(2,3)16-8-9-17-20(14-16)33-24(28-21(30)15-29-10-12-32-13-11-29)22(17)23(31)27-19-7-5-4-6-18(19)26/h4-7,16H,8-15H2,1-3H3,(H,27,31)(H,28,30)/t16-/m1/s1. The molecular formula is C25H32ClN3O3S. The molecule has 8 heteroatoms. The molecule has 2 aliphatic rings. The van der Waals surface area contributed by atoms with E-state index in [1.165, 1.54) is 4.88 Å². The molecule has 2 N–H and O–H groups in total. The first-order valence-corrected chi connectivity index (χ1v) is 12.7. The number of anilines is 2. The van der Waals surface area contributed by atoms with Crippen molar-refractivity contribution in [1.29, 1.82) is 0 Å². The minimum Gasteiger partial charge on any atom is -0.379 e. The molecule has 0 bridgehead atoms. The van der Waals surface area contributed by atoms with Crippen LogP contribution in [0.2, 0.25) is 5.02 Å². The average molecular weight is 490 g/mol. The van der Waals surface area contributed by atoms with Crippen molar-refractivity contribution in [2.45, 2.75) is 40.0 Å².